The van der Waals surface area contributed by atoms with Crippen molar-refractivity contribution in [2.75, 3.05) is 0 Å². The van der Waals surface area contributed by atoms with Gasteiger partial charge in [-0.05, 0) is 6.07 Å². The third kappa shape index (κ3) is 3.52. The van der Waals surface area contributed by atoms with E-state index in [1.165, 1.54) is 0 Å². The second-order valence-electron chi connectivity index (χ2n) is 9.95. The zero-order valence-corrected chi connectivity index (χ0v) is 21.3. The Bertz CT molecular complexity index is 2410. The molecule has 10 heteroatoms. The van der Waals surface area contributed by atoms with E-state index in [4.69, 9.17) is 29.9 Å². The molecule has 5 heterocycles. The van der Waals surface area contributed by atoms with Gasteiger partial charge in [-0.2, -0.15) is 0 Å². The SMILES string of the molecule is Oc1cccc2c3nc4nc(nc5[nH]c(nc6nc(nc([nH]3)c12)-c1ccccc1-6)c1ccccc51)-c1ccccc1-4.[GaH3]. The molecule has 0 aliphatic carbocycles. The molecule has 0 spiro atoms. The molecule has 9 rings (SSSR count). The van der Waals surface area contributed by atoms with Gasteiger partial charge in [-0.25, -0.2) is 29.9 Å². The first-order valence-corrected chi connectivity index (χ1v) is 13.1. The number of hydrogen-bond donors (Lipinski definition) is 3. The van der Waals surface area contributed by atoms with Crippen LogP contribution in [0.3, 0.4) is 0 Å². The van der Waals surface area contributed by atoms with E-state index in [2.05, 4.69) is 9.97 Å². The van der Waals surface area contributed by atoms with Crippen LogP contribution < -0.4 is 0 Å². The first kappa shape index (κ1) is 24.5. The summed E-state index contributed by atoms with van der Waals surface area (Å²) in [6.45, 7) is 0. The van der Waals surface area contributed by atoms with Crippen LogP contribution in [0.4, 0.5) is 0 Å². The summed E-state index contributed by atoms with van der Waals surface area (Å²) in [5.41, 5.74) is 5.74. The molecule has 2 aliphatic rings. The van der Waals surface area contributed by atoms with E-state index in [-0.39, 0.29) is 25.5 Å². The molecule has 0 amide bonds. The quantitative estimate of drug-likeness (QED) is 0.198. The minimum atomic E-state index is 0. The average Bonchev–Trinajstić information content (AvgIpc) is 3.73. The van der Waals surface area contributed by atoms with Crippen molar-refractivity contribution >= 4 is 63.9 Å². The Morgan fingerprint density at radius 2 is 0.786 bits per heavy atom. The van der Waals surface area contributed by atoms with Crippen LogP contribution in [-0.4, -0.2) is 64.8 Å². The van der Waals surface area contributed by atoms with E-state index in [0.717, 1.165) is 38.4 Å². The van der Waals surface area contributed by atoms with Gasteiger partial charge in [0.15, 0.2) is 23.3 Å². The summed E-state index contributed by atoms with van der Waals surface area (Å²) in [6.07, 6.45) is 0. The van der Waals surface area contributed by atoms with Gasteiger partial charge in [-0.15, -0.1) is 0 Å². The molecule has 3 aromatic heterocycles. The molecule has 4 aromatic carbocycles. The van der Waals surface area contributed by atoms with Gasteiger partial charge in [0.2, 0.25) is 0 Å². The molecule has 0 radical (unpaired) electrons. The van der Waals surface area contributed by atoms with Gasteiger partial charge in [0.25, 0.3) is 0 Å². The molecule has 3 N–H and O–H groups in total. The first-order valence-electron chi connectivity index (χ1n) is 13.1. The number of aromatic hydroxyl groups is 1. The molecular formula is C32H21GaN8O. The number of nitrogens with one attached hydrogen (secondary N) is 2. The third-order valence-corrected chi connectivity index (χ3v) is 7.56. The fourth-order valence-corrected chi connectivity index (χ4v) is 5.67. The molecular weight excluding hydrogens is 582 g/mol. The Labute approximate surface area is 250 Å². The number of H-pyrrole nitrogens is 2. The fourth-order valence-electron chi connectivity index (χ4n) is 5.67. The van der Waals surface area contributed by atoms with Gasteiger partial charge in [0.1, 0.15) is 28.3 Å². The summed E-state index contributed by atoms with van der Waals surface area (Å²) in [4.78, 5) is 36.3. The third-order valence-electron chi connectivity index (χ3n) is 7.56. The summed E-state index contributed by atoms with van der Waals surface area (Å²) in [7, 11) is 0. The predicted octanol–water partition coefficient (Wildman–Crippen LogP) is 5.39. The monoisotopic (exact) mass is 602 g/mol. The van der Waals surface area contributed by atoms with Crippen molar-refractivity contribution in [2.45, 2.75) is 0 Å². The Balaban J connectivity index is 0.00000267. The van der Waals surface area contributed by atoms with Gasteiger partial charge >= 0.3 is 19.8 Å². The maximum absolute atomic E-state index is 10.9. The van der Waals surface area contributed by atoms with Crippen LogP contribution in [-0.2, 0) is 0 Å². The summed E-state index contributed by atoms with van der Waals surface area (Å²) < 4.78 is 0. The second kappa shape index (κ2) is 9.10. The van der Waals surface area contributed by atoms with Gasteiger partial charge < -0.3 is 15.1 Å². The first-order chi connectivity index (χ1) is 20.2. The van der Waals surface area contributed by atoms with Crippen molar-refractivity contribution in [1.82, 2.24) is 39.9 Å². The fraction of sp³-hybridized carbons (Fsp3) is 0. The van der Waals surface area contributed by atoms with Crippen molar-refractivity contribution in [1.29, 1.82) is 0 Å². The van der Waals surface area contributed by atoms with Gasteiger partial charge in [0, 0.05) is 38.4 Å². The molecule has 0 atom stereocenters. The zero-order valence-electron chi connectivity index (χ0n) is 21.3. The number of fused-ring (bicyclic) bond motifs is 20. The van der Waals surface area contributed by atoms with Crippen molar-refractivity contribution in [2.24, 2.45) is 0 Å². The number of aromatic nitrogens is 8. The van der Waals surface area contributed by atoms with E-state index in [0.29, 0.717) is 51.3 Å². The summed E-state index contributed by atoms with van der Waals surface area (Å²) in [6, 6.07) is 29.1. The number of benzene rings is 4. The molecule has 2 aliphatic heterocycles. The van der Waals surface area contributed by atoms with Crippen LogP contribution in [0.1, 0.15) is 0 Å². The van der Waals surface area contributed by atoms with E-state index >= 15 is 0 Å². The number of hydrogen-bond acceptors (Lipinski definition) is 7. The van der Waals surface area contributed by atoms with Crippen molar-refractivity contribution < 1.29 is 5.11 Å². The van der Waals surface area contributed by atoms with Crippen LogP contribution in [0.2, 0.25) is 0 Å². The minimum absolute atomic E-state index is 0. The molecule has 42 heavy (non-hydrogen) atoms. The predicted molar refractivity (Wildman–Crippen MR) is 168 cm³/mol. The summed E-state index contributed by atoms with van der Waals surface area (Å²) >= 11 is 0. The van der Waals surface area contributed by atoms with Gasteiger partial charge in [-0.1, -0.05) is 84.9 Å². The summed E-state index contributed by atoms with van der Waals surface area (Å²) in [5.74, 6) is 2.19. The van der Waals surface area contributed by atoms with Crippen molar-refractivity contribution in [3.8, 4) is 51.3 Å². The topological polar surface area (TPSA) is 129 Å². The van der Waals surface area contributed by atoms with Crippen LogP contribution in [0, 0.1) is 0 Å². The van der Waals surface area contributed by atoms with Crippen LogP contribution >= 0.6 is 0 Å². The molecule has 0 saturated carbocycles. The second-order valence-corrected chi connectivity index (χ2v) is 9.95. The standard InChI is InChI=1S/C32H18N8O.Ga.3H/c41-23-15-7-14-22-24(23)32-39-30-21-13-6-5-12-20(21)28(37-30)35-26-17-9-2-1-8-16(17)25(33-26)34-27-18-10-3-4-11-19(18)29(36-27)38-31(22)40-32;;;;/h1-15,41H,(H2,33,34,35,36,37,38,39,40);;;;. The van der Waals surface area contributed by atoms with Crippen LogP contribution in [0.15, 0.2) is 91.0 Å². The Kier molecular flexibility index (Phi) is 5.30. The molecule has 198 valence electrons. The van der Waals surface area contributed by atoms with E-state index in [1.807, 2.05) is 78.9 Å². The Hall–Kier alpha value is -5.32. The maximum atomic E-state index is 10.9. The normalized spacial score (nSPS) is 11.7. The molecule has 0 unspecified atom stereocenters. The van der Waals surface area contributed by atoms with Crippen molar-refractivity contribution in [3.63, 3.8) is 0 Å². The van der Waals surface area contributed by atoms with Crippen LogP contribution in [0.25, 0.3) is 89.7 Å². The van der Waals surface area contributed by atoms with Crippen LogP contribution in [0.5, 0.6) is 5.75 Å². The van der Waals surface area contributed by atoms with E-state index in [1.54, 1.807) is 12.1 Å². The van der Waals surface area contributed by atoms with E-state index < -0.39 is 0 Å². The number of phenols is 1. The number of aromatic amines is 2. The molecule has 8 bridgehead atoms. The van der Waals surface area contributed by atoms with Crippen molar-refractivity contribution in [3.05, 3.63) is 91.0 Å². The molecule has 0 saturated heterocycles. The van der Waals surface area contributed by atoms with Gasteiger partial charge in [0.05, 0.1) is 5.39 Å². The molecule has 0 fully saturated rings. The Morgan fingerprint density at radius 3 is 1.29 bits per heavy atom. The zero-order chi connectivity index (χ0) is 27.1. The summed E-state index contributed by atoms with van der Waals surface area (Å²) in [5, 5.41) is 14.0. The van der Waals surface area contributed by atoms with E-state index in [9.17, 15) is 5.11 Å². The number of rotatable bonds is 0. The average molecular weight is 603 g/mol. The number of phenolic OH excluding ortho intramolecular Hbond substituents is 1. The molecule has 9 nitrogen and oxygen atoms in total. The van der Waals surface area contributed by atoms with Gasteiger partial charge in [-0.3, -0.25) is 0 Å². The molecule has 7 aromatic rings. The number of nitrogens with zero attached hydrogens (tertiary/aromatic N) is 6. The Morgan fingerprint density at radius 1 is 0.405 bits per heavy atom.